The van der Waals surface area contributed by atoms with Crippen LogP contribution in [0, 0.1) is 5.92 Å². The van der Waals surface area contributed by atoms with Crippen LogP contribution in [0.25, 0.3) is 0 Å². The molecule has 0 radical (unpaired) electrons. The van der Waals surface area contributed by atoms with Gasteiger partial charge < -0.3 is 5.32 Å². The van der Waals surface area contributed by atoms with Gasteiger partial charge in [-0.05, 0) is 39.2 Å². The van der Waals surface area contributed by atoms with E-state index in [-0.39, 0.29) is 0 Å². The number of rotatable bonds is 5. The highest BCUT2D eigenvalue weighted by Crippen LogP contribution is 2.24. The van der Waals surface area contributed by atoms with Crippen LogP contribution in [0.1, 0.15) is 53.9 Å². The standard InChI is InChI=1S/C14H30N2/c1-6-11(3)13(5)16-9-8-14(15-7-2)10-12(16)4/h11-15H,6-10H2,1-5H3. The van der Waals surface area contributed by atoms with Crippen molar-refractivity contribution >= 4 is 0 Å². The first kappa shape index (κ1) is 14.0. The first-order chi connectivity index (χ1) is 7.60. The second-order valence-electron chi connectivity index (χ2n) is 5.49. The molecular weight excluding hydrogens is 196 g/mol. The van der Waals surface area contributed by atoms with Crippen molar-refractivity contribution in [3.05, 3.63) is 0 Å². The third kappa shape index (κ3) is 3.46. The Morgan fingerprint density at radius 1 is 1.31 bits per heavy atom. The van der Waals surface area contributed by atoms with Crippen molar-refractivity contribution in [3.8, 4) is 0 Å². The highest BCUT2D eigenvalue weighted by molar-refractivity contribution is 4.86. The number of nitrogens with zero attached hydrogens (tertiary/aromatic N) is 1. The zero-order valence-corrected chi connectivity index (χ0v) is 11.8. The van der Waals surface area contributed by atoms with E-state index in [4.69, 9.17) is 0 Å². The number of hydrogen-bond acceptors (Lipinski definition) is 2. The zero-order valence-electron chi connectivity index (χ0n) is 11.8. The molecule has 16 heavy (non-hydrogen) atoms. The third-order valence-corrected chi connectivity index (χ3v) is 4.41. The van der Waals surface area contributed by atoms with Crippen molar-refractivity contribution in [1.82, 2.24) is 10.2 Å². The molecule has 0 aromatic carbocycles. The average molecular weight is 226 g/mol. The van der Waals surface area contributed by atoms with Crippen molar-refractivity contribution in [2.75, 3.05) is 13.1 Å². The van der Waals surface area contributed by atoms with Crippen LogP contribution in [-0.4, -0.2) is 36.1 Å². The molecular formula is C14H30N2. The Bertz CT molecular complexity index is 193. The Balaban J connectivity index is 2.46. The minimum absolute atomic E-state index is 0.738. The summed E-state index contributed by atoms with van der Waals surface area (Å²) < 4.78 is 0. The van der Waals surface area contributed by atoms with Gasteiger partial charge in [-0.3, -0.25) is 4.90 Å². The number of piperidine rings is 1. The van der Waals surface area contributed by atoms with E-state index < -0.39 is 0 Å². The molecule has 1 aliphatic heterocycles. The van der Waals surface area contributed by atoms with Crippen molar-refractivity contribution < 1.29 is 0 Å². The maximum absolute atomic E-state index is 3.59. The Morgan fingerprint density at radius 2 is 2.00 bits per heavy atom. The molecule has 4 atom stereocenters. The molecule has 0 aromatic heterocycles. The molecule has 1 rings (SSSR count). The van der Waals surface area contributed by atoms with Crippen LogP contribution in [0.2, 0.25) is 0 Å². The van der Waals surface area contributed by atoms with Crippen LogP contribution in [0.3, 0.4) is 0 Å². The number of hydrogen-bond donors (Lipinski definition) is 1. The fourth-order valence-electron chi connectivity index (χ4n) is 2.94. The monoisotopic (exact) mass is 226 g/mol. The second kappa shape index (κ2) is 6.61. The third-order valence-electron chi connectivity index (χ3n) is 4.41. The summed E-state index contributed by atoms with van der Waals surface area (Å²) in [7, 11) is 0. The highest BCUT2D eigenvalue weighted by Gasteiger charge is 2.29. The van der Waals surface area contributed by atoms with Crippen LogP contribution in [-0.2, 0) is 0 Å². The van der Waals surface area contributed by atoms with E-state index in [1.807, 2.05) is 0 Å². The predicted octanol–water partition coefficient (Wildman–Crippen LogP) is 2.88. The molecule has 1 heterocycles. The second-order valence-corrected chi connectivity index (χ2v) is 5.49. The van der Waals surface area contributed by atoms with Crippen LogP contribution in [0.5, 0.6) is 0 Å². The van der Waals surface area contributed by atoms with Gasteiger partial charge in [0.15, 0.2) is 0 Å². The van der Waals surface area contributed by atoms with E-state index in [1.165, 1.54) is 25.8 Å². The van der Waals surface area contributed by atoms with Crippen LogP contribution >= 0.6 is 0 Å². The highest BCUT2D eigenvalue weighted by atomic mass is 15.2. The molecule has 1 saturated heterocycles. The molecule has 0 aromatic rings. The fourth-order valence-corrected chi connectivity index (χ4v) is 2.94. The van der Waals surface area contributed by atoms with Gasteiger partial charge in [-0.15, -0.1) is 0 Å². The Morgan fingerprint density at radius 3 is 2.50 bits per heavy atom. The van der Waals surface area contributed by atoms with E-state index >= 15 is 0 Å². The van der Waals surface area contributed by atoms with Gasteiger partial charge in [-0.25, -0.2) is 0 Å². The molecule has 0 bridgehead atoms. The van der Waals surface area contributed by atoms with E-state index in [1.54, 1.807) is 0 Å². The van der Waals surface area contributed by atoms with Gasteiger partial charge in [0, 0.05) is 24.7 Å². The van der Waals surface area contributed by atoms with Gasteiger partial charge in [0.05, 0.1) is 0 Å². The van der Waals surface area contributed by atoms with Crippen molar-refractivity contribution in [2.24, 2.45) is 5.92 Å². The lowest BCUT2D eigenvalue weighted by Crippen LogP contribution is -2.52. The maximum Gasteiger partial charge on any atom is 0.00952 e. The van der Waals surface area contributed by atoms with Crippen molar-refractivity contribution in [3.63, 3.8) is 0 Å². The largest absolute Gasteiger partial charge is 0.314 e. The van der Waals surface area contributed by atoms with Gasteiger partial charge in [0.2, 0.25) is 0 Å². The summed E-state index contributed by atoms with van der Waals surface area (Å²) in [6.45, 7) is 14.1. The van der Waals surface area contributed by atoms with Crippen LogP contribution in [0.4, 0.5) is 0 Å². The smallest absolute Gasteiger partial charge is 0.00952 e. The first-order valence-corrected chi connectivity index (χ1v) is 7.09. The van der Waals surface area contributed by atoms with E-state index in [0.717, 1.165) is 30.6 Å². The Labute approximate surface area is 102 Å². The average Bonchev–Trinajstić information content (AvgIpc) is 2.28. The summed E-state index contributed by atoms with van der Waals surface area (Å²) in [6.07, 6.45) is 3.93. The normalized spacial score (nSPS) is 31.3. The van der Waals surface area contributed by atoms with Gasteiger partial charge in [0.25, 0.3) is 0 Å². The fraction of sp³-hybridized carbons (Fsp3) is 1.00. The SMILES string of the molecule is CCNC1CCN(C(C)C(C)CC)C(C)C1. The maximum atomic E-state index is 3.59. The van der Waals surface area contributed by atoms with Crippen molar-refractivity contribution in [1.29, 1.82) is 0 Å². The molecule has 1 fully saturated rings. The molecule has 0 spiro atoms. The number of nitrogens with one attached hydrogen (secondary N) is 1. The molecule has 0 amide bonds. The van der Waals surface area contributed by atoms with Gasteiger partial charge >= 0.3 is 0 Å². The molecule has 1 N–H and O–H groups in total. The molecule has 4 unspecified atom stereocenters. The molecule has 2 nitrogen and oxygen atoms in total. The minimum atomic E-state index is 0.738. The predicted molar refractivity (Wildman–Crippen MR) is 71.8 cm³/mol. The van der Waals surface area contributed by atoms with E-state index in [9.17, 15) is 0 Å². The summed E-state index contributed by atoms with van der Waals surface area (Å²) in [4.78, 5) is 2.71. The molecule has 2 heteroatoms. The summed E-state index contributed by atoms with van der Waals surface area (Å²) in [6, 6.07) is 2.23. The number of likely N-dealkylation sites (tertiary alicyclic amines) is 1. The molecule has 96 valence electrons. The summed E-state index contributed by atoms with van der Waals surface area (Å²) in [5, 5.41) is 3.59. The topological polar surface area (TPSA) is 15.3 Å². The summed E-state index contributed by atoms with van der Waals surface area (Å²) in [5.41, 5.74) is 0. The Hall–Kier alpha value is -0.0800. The van der Waals surface area contributed by atoms with E-state index in [0.29, 0.717) is 0 Å². The van der Waals surface area contributed by atoms with Gasteiger partial charge in [-0.2, -0.15) is 0 Å². The molecule has 0 saturated carbocycles. The lowest BCUT2D eigenvalue weighted by molar-refractivity contribution is 0.0690. The van der Waals surface area contributed by atoms with Gasteiger partial charge in [-0.1, -0.05) is 27.2 Å². The summed E-state index contributed by atoms with van der Waals surface area (Å²) in [5.74, 6) is 0.818. The van der Waals surface area contributed by atoms with E-state index in [2.05, 4.69) is 44.8 Å². The van der Waals surface area contributed by atoms with Crippen LogP contribution in [0.15, 0.2) is 0 Å². The van der Waals surface area contributed by atoms with Gasteiger partial charge in [0.1, 0.15) is 0 Å². The first-order valence-electron chi connectivity index (χ1n) is 7.09. The Kier molecular flexibility index (Phi) is 5.77. The van der Waals surface area contributed by atoms with Crippen LogP contribution < -0.4 is 5.32 Å². The molecule has 1 aliphatic rings. The zero-order chi connectivity index (χ0) is 12.1. The van der Waals surface area contributed by atoms with Crippen molar-refractivity contribution in [2.45, 2.75) is 72.0 Å². The minimum Gasteiger partial charge on any atom is -0.314 e. The lowest BCUT2D eigenvalue weighted by Gasteiger charge is -2.43. The lowest BCUT2D eigenvalue weighted by atomic mass is 9.92. The quantitative estimate of drug-likeness (QED) is 0.775. The summed E-state index contributed by atoms with van der Waals surface area (Å²) >= 11 is 0. The molecule has 0 aliphatic carbocycles.